The van der Waals surface area contributed by atoms with Crippen molar-refractivity contribution in [2.24, 2.45) is 0 Å². The molecule has 2 N–H and O–H groups in total. The summed E-state index contributed by atoms with van der Waals surface area (Å²) in [5.41, 5.74) is 1.09. The highest BCUT2D eigenvalue weighted by molar-refractivity contribution is 5.78. The van der Waals surface area contributed by atoms with Crippen LogP contribution in [0.5, 0.6) is 0 Å². The standard InChI is InChI=1S/C14H22N2O/c1-11(12-8-6-5-7-9-12)16-13(17)10-15-14(2,3)4/h5-9,11,15H,10H2,1-4H3,(H,16,17). The summed E-state index contributed by atoms with van der Waals surface area (Å²) in [6.45, 7) is 8.47. The maximum atomic E-state index is 11.7. The Morgan fingerprint density at radius 1 is 1.24 bits per heavy atom. The van der Waals surface area contributed by atoms with Crippen LogP contribution in [0.25, 0.3) is 0 Å². The van der Waals surface area contributed by atoms with Crippen LogP contribution in [0.1, 0.15) is 39.3 Å². The van der Waals surface area contributed by atoms with Gasteiger partial charge >= 0.3 is 0 Å². The van der Waals surface area contributed by atoms with Crippen molar-refractivity contribution in [3.8, 4) is 0 Å². The molecule has 0 aliphatic heterocycles. The molecule has 3 heteroatoms. The molecule has 0 aromatic heterocycles. The van der Waals surface area contributed by atoms with Gasteiger partial charge in [-0.1, -0.05) is 30.3 Å². The van der Waals surface area contributed by atoms with Gasteiger partial charge in [0.2, 0.25) is 5.91 Å². The summed E-state index contributed by atoms with van der Waals surface area (Å²) in [4.78, 5) is 11.7. The molecule has 0 aliphatic rings. The number of carbonyl (C=O) groups is 1. The fraction of sp³-hybridized carbons (Fsp3) is 0.500. The van der Waals surface area contributed by atoms with E-state index in [1.807, 2.05) is 58.0 Å². The van der Waals surface area contributed by atoms with Gasteiger partial charge in [-0.3, -0.25) is 4.79 Å². The molecular weight excluding hydrogens is 212 g/mol. The van der Waals surface area contributed by atoms with E-state index < -0.39 is 0 Å². The van der Waals surface area contributed by atoms with Crippen molar-refractivity contribution < 1.29 is 4.79 Å². The Kier molecular flexibility index (Phi) is 4.70. The normalized spacial score (nSPS) is 13.2. The first kappa shape index (κ1) is 13.7. The monoisotopic (exact) mass is 234 g/mol. The summed E-state index contributed by atoms with van der Waals surface area (Å²) in [7, 11) is 0. The second-order valence-electron chi connectivity index (χ2n) is 5.30. The zero-order chi connectivity index (χ0) is 12.9. The van der Waals surface area contributed by atoms with Crippen LogP contribution >= 0.6 is 0 Å². The van der Waals surface area contributed by atoms with Gasteiger partial charge in [0.25, 0.3) is 0 Å². The Balaban J connectivity index is 2.42. The topological polar surface area (TPSA) is 41.1 Å². The Morgan fingerprint density at radius 3 is 2.35 bits per heavy atom. The summed E-state index contributed by atoms with van der Waals surface area (Å²) in [6.07, 6.45) is 0. The van der Waals surface area contributed by atoms with E-state index in [0.29, 0.717) is 6.54 Å². The van der Waals surface area contributed by atoms with Crippen molar-refractivity contribution in [1.29, 1.82) is 0 Å². The molecule has 1 aromatic rings. The zero-order valence-corrected chi connectivity index (χ0v) is 11.1. The van der Waals surface area contributed by atoms with E-state index in [0.717, 1.165) is 5.56 Å². The van der Waals surface area contributed by atoms with Gasteiger partial charge in [-0.05, 0) is 33.3 Å². The minimum atomic E-state index is -0.0344. The number of hydrogen-bond acceptors (Lipinski definition) is 2. The smallest absolute Gasteiger partial charge is 0.234 e. The average Bonchev–Trinajstić information content (AvgIpc) is 2.27. The predicted molar refractivity (Wildman–Crippen MR) is 70.8 cm³/mol. The first-order valence-electron chi connectivity index (χ1n) is 5.98. The van der Waals surface area contributed by atoms with Crippen molar-refractivity contribution in [1.82, 2.24) is 10.6 Å². The number of nitrogens with one attached hydrogen (secondary N) is 2. The van der Waals surface area contributed by atoms with E-state index in [-0.39, 0.29) is 17.5 Å². The van der Waals surface area contributed by atoms with Crippen molar-refractivity contribution in [2.45, 2.75) is 39.3 Å². The largest absolute Gasteiger partial charge is 0.348 e. The van der Waals surface area contributed by atoms with Gasteiger partial charge in [0.1, 0.15) is 0 Å². The molecule has 0 radical (unpaired) electrons. The highest BCUT2D eigenvalue weighted by atomic mass is 16.1. The summed E-state index contributed by atoms with van der Waals surface area (Å²) in [5, 5.41) is 6.13. The van der Waals surface area contributed by atoms with Gasteiger partial charge in [-0.15, -0.1) is 0 Å². The van der Waals surface area contributed by atoms with Crippen molar-refractivity contribution >= 4 is 5.91 Å². The summed E-state index contributed by atoms with van der Waals surface area (Å²) in [5.74, 6) is 0.0243. The molecule has 0 fully saturated rings. The number of carbonyl (C=O) groups excluding carboxylic acids is 1. The van der Waals surface area contributed by atoms with E-state index in [1.54, 1.807) is 0 Å². The molecule has 1 amide bonds. The molecule has 1 atom stereocenters. The molecule has 0 heterocycles. The third-order valence-corrected chi connectivity index (χ3v) is 2.46. The van der Waals surface area contributed by atoms with E-state index in [9.17, 15) is 4.79 Å². The molecule has 0 aliphatic carbocycles. The maximum Gasteiger partial charge on any atom is 0.234 e. The minimum Gasteiger partial charge on any atom is -0.348 e. The lowest BCUT2D eigenvalue weighted by Crippen LogP contribution is -2.43. The van der Waals surface area contributed by atoms with E-state index in [4.69, 9.17) is 0 Å². The quantitative estimate of drug-likeness (QED) is 0.839. The fourth-order valence-corrected chi connectivity index (χ4v) is 1.46. The summed E-state index contributed by atoms with van der Waals surface area (Å²) in [6, 6.07) is 10.0. The highest BCUT2D eigenvalue weighted by Gasteiger charge is 2.13. The molecule has 0 spiro atoms. The van der Waals surface area contributed by atoms with Crippen LogP contribution in [-0.4, -0.2) is 18.0 Å². The first-order valence-corrected chi connectivity index (χ1v) is 5.98. The van der Waals surface area contributed by atoms with Crippen LogP contribution < -0.4 is 10.6 Å². The van der Waals surface area contributed by atoms with Crippen LogP contribution in [0.4, 0.5) is 0 Å². The van der Waals surface area contributed by atoms with Gasteiger partial charge in [0, 0.05) is 5.54 Å². The molecular formula is C14H22N2O. The van der Waals surface area contributed by atoms with Crippen LogP contribution in [-0.2, 0) is 4.79 Å². The third kappa shape index (κ3) is 5.50. The third-order valence-electron chi connectivity index (χ3n) is 2.46. The first-order chi connectivity index (χ1) is 7.88. The van der Waals surface area contributed by atoms with Gasteiger partial charge in [0.15, 0.2) is 0 Å². The van der Waals surface area contributed by atoms with E-state index >= 15 is 0 Å². The predicted octanol–water partition coefficient (Wildman–Crippen LogP) is 2.25. The number of hydrogen-bond donors (Lipinski definition) is 2. The van der Waals surface area contributed by atoms with Gasteiger partial charge < -0.3 is 10.6 Å². The van der Waals surface area contributed by atoms with Crippen molar-refractivity contribution in [2.75, 3.05) is 6.54 Å². The number of amides is 1. The number of benzene rings is 1. The summed E-state index contributed by atoms with van der Waals surface area (Å²) >= 11 is 0. The molecule has 3 nitrogen and oxygen atoms in total. The van der Waals surface area contributed by atoms with Gasteiger partial charge in [0.05, 0.1) is 12.6 Å². The molecule has 94 valence electrons. The second-order valence-corrected chi connectivity index (χ2v) is 5.30. The van der Waals surface area contributed by atoms with Gasteiger partial charge in [-0.25, -0.2) is 0 Å². The van der Waals surface area contributed by atoms with Crippen LogP contribution in [0.15, 0.2) is 30.3 Å². The molecule has 0 bridgehead atoms. The fourth-order valence-electron chi connectivity index (χ4n) is 1.46. The molecule has 1 rings (SSSR count). The molecule has 0 saturated carbocycles. The second kappa shape index (κ2) is 5.82. The van der Waals surface area contributed by atoms with Crippen molar-refractivity contribution in [3.63, 3.8) is 0 Å². The Morgan fingerprint density at radius 2 is 1.82 bits per heavy atom. The van der Waals surface area contributed by atoms with Gasteiger partial charge in [-0.2, -0.15) is 0 Å². The van der Waals surface area contributed by atoms with E-state index in [1.165, 1.54) is 0 Å². The average molecular weight is 234 g/mol. The lowest BCUT2D eigenvalue weighted by molar-refractivity contribution is -0.121. The SMILES string of the molecule is CC(NC(=O)CNC(C)(C)C)c1ccccc1. The number of rotatable bonds is 4. The lowest BCUT2D eigenvalue weighted by atomic mass is 10.1. The maximum absolute atomic E-state index is 11.7. The summed E-state index contributed by atoms with van der Waals surface area (Å²) < 4.78 is 0. The minimum absolute atomic E-state index is 0.0243. The van der Waals surface area contributed by atoms with Crippen molar-refractivity contribution in [3.05, 3.63) is 35.9 Å². The zero-order valence-electron chi connectivity index (χ0n) is 11.1. The lowest BCUT2D eigenvalue weighted by Gasteiger charge is -2.21. The Hall–Kier alpha value is -1.35. The van der Waals surface area contributed by atoms with Crippen LogP contribution in [0.2, 0.25) is 0 Å². The molecule has 1 aromatic carbocycles. The van der Waals surface area contributed by atoms with E-state index in [2.05, 4.69) is 10.6 Å². The van der Waals surface area contributed by atoms with Crippen LogP contribution in [0, 0.1) is 0 Å². The Labute approximate surface area is 104 Å². The molecule has 0 saturated heterocycles. The van der Waals surface area contributed by atoms with Crippen LogP contribution in [0.3, 0.4) is 0 Å². The Bertz CT molecular complexity index is 354. The molecule has 17 heavy (non-hydrogen) atoms. The highest BCUT2D eigenvalue weighted by Crippen LogP contribution is 2.10. The molecule has 1 unspecified atom stereocenters.